The van der Waals surface area contributed by atoms with E-state index in [-0.39, 0.29) is 24.3 Å². The van der Waals surface area contributed by atoms with Crippen LogP contribution in [0.3, 0.4) is 0 Å². The predicted octanol–water partition coefficient (Wildman–Crippen LogP) is 6.26. The van der Waals surface area contributed by atoms with Crippen LogP contribution in [0.4, 0.5) is 5.69 Å². The first kappa shape index (κ1) is 24.0. The maximum Gasteiger partial charge on any atom is 0.258 e. The summed E-state index contributed by atoms with van der Waals surface area (Å²) < 4.78 is 0. The molecule has 35 heavy (non-hydrogen) atoms. The van der Waals surface area contributed by atoms with Crippen LogP contribution in [0.1, 0.15) is 45.6 Å². The van der Waals surface area contributed by atoms with E-state index in [0.717, 1.165) is 27.9 Å². The fourth-order valence-corrected chi connectivity index (χ4v) is 4.11. The molecular formula is C31H30N2O2. The summed E-state index contributed by atoms with van der Waals surface area (Å²) in [6.45, 7) is 4.49. The van der Waals surface area contributed by atoms with Gasteiger partial charge in [0.2, 0.25) is 5.91 Å². The van der Waals surface area contributed by atoms with Gasteiger partial charge in [0.1, 0.15) is 0 Å². The highest BCUT2D eigenvalue weighted by Crippen LogP contribution is 2.22. The molecule has 0 aliphatic rings. The lowest BCUT2D eigenvalue weighted by Crippen LogP contribution is -2.30. The summed E-state index contributed by atoms with van der Waals surface area (Å²) in [4.78, 5) is 27.8. The first-order valence-corrected chi connectivity index (χ1v) is 11.9. The summed E-state index contributed by atoms with van der Waals surface area (Å²) in [5, 5.41) is 3.06. The maximum absolute atomic E-state index is 13.4. The molecular weight excluding hydrogens is 432 g/mol. The highest BCUT2D eigenvalue weighted by molar-refractivity contribution is 6.06. The Morgan fingerprint density at radius 1 is 0.771 bits per heavy atom. The summed E-state index contributed by atoms with van der Waals surface area (Å²) in [7, 11) is 0. The van der Waals surface area contributed by atoms with Crippen LogP contribution in [0.25, 0.3) is 0 Å². The van der Waals surface area contributed by atoms with Crippen LogP contribution < -0.4 is 10.2 Å². The van der Waals surface area contributed by atoms with Crippen LogP contribution in [0.5, 0.6) is 0 Å². The Kier molecular flexibility index (Phi) is 7.74. The van der Waals surface area contributed by atoms with E-state index in [1.165, 1.54) is 0 Å². The van der Waals surface area contributed by atoms with Gasteiger partial charge in [-0.3, -0.25) is 9.59 Å². The van der Waals surface area contributed by atoms with E-state index in [1.54, 1.807) is 4.90 Å². The first-order chi connectivity index (χ1) is 17.0. The maximum atomic E-state index is 13.4. The van der Waals surface area contributed by atoms with Crippen LogP contribution in [0.2, 0.25) is 0 Å². The Bertz CT molecular complexity index is 1270. The third-order valence-corrected chi connectivity index (χ3v) is 5.98. The molecule has 4 rings (SSSR count). The zero-order valence-corrected chi connectivity index (χ0v) is 20.1. The smallest absolute Gasteiger partial charge is 0.258 e. The number of nitrogens with one attached hydrogen (secondary N) is 1. The highest BCUT2D eigenvalue weighted by atomic mass is 16.2. The van der Waals surface area contributed by atoms with E-state index in [9.17, 15) is 9.59 Å². The van der Waals surface area contributed by atoms with Gasteiger partial charge in [-0.05, 0) is 54.8 Å². The lowest BCUT2D eigenvalue weighted by Gasteiger charge is -2.24. The van der Waals surface area contributed by atoms with E-state index in [1.807, 2.05) is 117 Å². The second-order valence-corrected chi connectivity index (χ2v) is 8.79. The Labute approximate surface area is 207 Å². The van der Waals surface area contributed by atoms with Crippen molar-refractivity contribution in [1.29, 1.82) is 0 Å². The van der Waals surface area contributed by atoms with E-state index in [2.05, 4.69) is 11.4 Å². The van der Waals surface area contributed by atoms with Gasteiger partial charge in [0.15, 0.2) is 0 Å². The lowest BCUT2D eigenvalue weighted by atomic mass is 10.1. The number of rotatable bonds is 8. The van der Waals surface area contributed by atoms with Gasteiger partial charge < -0.3 is 10.2 Å². The number of amides is 2. The number of aryl methyl sites for hydroxylation is 1. The van der Waals surface area contributed by atoms with Crippen LogP contribution in [-0.4, -0.2) is 11.8 Å². The predicted molar refractivity (Wildman–Crippen MR) is 141 cm³/mol. The minimum Gasteiger partial charge on any atom is -0.349 e. The van der Waals surface area contributed by atoms with Crippen molar-refractivity contribution in [3.63, 3.8) is 0 Å². The van der Waals surface area contributed by atoms with Crippen molar-refractivity contribution in [2.75, 3.05) is 4.90 Å². The van der Waals surface area contributed by atoms with Gasteiger partial charge in [-0.15, -0.1) is 0 Å². The molecule has 0 bridgehead atoms. The van der Waals surface area contributed by atoms with Crippen molar-refractivity contribution in [3.8, 4) is 0 Å². The van der Waals surface area contributed by atoms with Crippen LogP contribution >= 0.6 is 0 Å². The molecule has 4 aromatic carbocycles. The Morgan fingerprint density at radius 2 is 1.43 bits per heavy atom. The molecule has 0 heterocycles. The largest absolute Gasteiger partial charge is 0.349 e. The molecule has 4 aromatic rings. The molecule has 1 N–H and O–H groups in total. The Hall–Kier alpha value is -4.18. The van der Waals surface area contributed by atoms with Crippen molar-refractivity contribution in [1.82, 2.24) is 5.32 Å². The number of benzene rings is 4. The third-order valence-electron chi connectivity index (χ3n) is 5.98. The molecule has 4 heteroatoms. The number of hydrogen-bond donors (Lipinski definition) is 1. The molecule has 0 saturated carbocycles. The summed E-state index contributed by atoms with van der Waals surface area (Å²) in [6, 6.07) is 35.0. The second-order valence-electron chi connectivity index (χ2n) is 8.79. The van der Waals surface area contributed by atoms with Gasteiger partial charge in [-0.1, -0.05) is 90.5 Å². The molecule has 0 aliphatic heterocycles. The first-order valence-electron chi connectivity index (χ1n) is 11.9. The zero-order valence-electron chi connectivity index (χ0n) is 20.1. The average molecular weight is 463 g/mol. The summed E-state index contributed by atoms with van der Waals surface area (Å²) in [5.41, 5.74) is 5.62. The monoisotopic (exact) mass is 462 g/mol. The van der Waals surface area contributed by atoms with E-state index in [0.29, 0.717) is 12.1 Å². The minimum absolute atomic E-state index is 0.0360. The summed E-state index contributed by atoms with van der Waals surface area (Å²) in [6.07, 6.45) is 0.280. The molecule has 176 valence electrons. The highest BCUT2D eigenvalue weighted by Gasteiger charge is 2.19. The molecule has 0 spiro atoms. The van der Waals surface area contributed by atoms with E-state index < -0.39 is 0 Å². The fraction of sp³-hybridized carbons (Fsp3) is 0.161. The van der Waals surface area contributed by atoms with Crippen molar-refractivity contribution in [3.05, 3.63) is 137 Å². The topological polar surface area (TPSA) is 49.4 Å². The molecule has 0 aromatic heterocycles. The molecule has 0 saturated heterocycles. The van der Waals surface area contributed by atoms with Gasteiger partial charge in [0, 0.05) is 11.3 Å². The normalized spacial score (nSPS) is 11.5. The van der Waals surface area contributed by atoms with Crippen molar-refractivity contribution in [2.24, 2.45) is 0 Å². The SMILES string of the molecule is Cc1cccc(CN(C(=O)c2ccccc2)c2ccc(CC(=O)N[C@H](C)c3ccccc3)cc2)c1. The Balaban J connectivity index is 1.50. The van der Waals surface area contributed by atoms with E-state index in [4.69, 9.17) is 0 Å². The molecule has 2 amide bonds. The van der Waals surface area contributed by atoms with Crippen molar-refractivity contribution >= 4 is 17.5 Å². The van der Waals surface area contributed by atoms with Gasteiger partial charge in [-0.2, -0.15) is 0 Å². The standard InChI is InChI=1S/C31H30N2O2/c1-23-10-9-11-26(20-23)22-33(31(35)28-14-7-4-8-15-28)29-18-16-25(17-19-29)21-30(34)32-24(2)27-12-5-3-6-13-27/h3-20,24H,21-22H2,1-2H3,(H,32,34)/t24-/m1/s1. The molecule has 0 aliphatic carbocycles. The van der Waals surface area contributed by atoms with Crippen molar-refractivity contribution in [2.45, 2.75) is 32.9 Å². The molecule has 4 nitrogen and oxygen atoms in total. The molecule has 1 atom stereocenters. The summed E-state index contributed by atoms with van der Waals surface area (Å²) >= 11 is 0. The van der Waals surface area contributed by atoms with Crippen LogP contribution in [-0.2, 0) is 17.8 Å². The zero-order chi connectivity index (χ0) is 24.6. The third kappa shape index (κ3) is 6.45. The number of carbonyl (C=O) groups excluding carboxylic acids is 2. The van der Waals surface area contributed by atoms with Gasteiger partial charge in [0.25, 0.3) is 5.91 Å². The van der Waals surface area contributed by atoms with Crippen LogP contribution in [0, 0.1) is 6.92 Å². The average Bonchev–Trinajstić information content (AvgIpc) is 2.88. The Morgan fingerprint density at radius 3 is 2.09 bits per heavy atom. The minimum atomic E-state index is -0.0608. The fourth-order valence-electron chi connectivity index (χ4n) is 4.11. The van der Waals surface area contributed by atoms with Crippen LogP contribution in [0.15, 0.2) is 109 Å². The second kappa shape index (κ2) is 11.3. The van der Waals surface area contributed by atoms with Crippen molar-refractivity contribution < 1.29 is 9.59 Å². The van der Waals surface area contributed by atoms with E-state index >= 15 is 0 Å². The summed E-state index contributed by atoms with van der Waals surface area (Å²) in [5.74, 6) is -0.0969. The molecule has 0 unspecified atom stereocenters. The number of anilines is 1. The van der Waals surface area contributed by atoms with Gasteiger partial charge in [0.05, 0.1) is 19.0 Å². The number of nitrogens with zero attached hydrogens (tertiary/aromatic N) is 1. The molecule has 0 fully saturated rings. The number of carbonyl (C=O) groups is 2. The van der Waals surface area contributed by atoms with Gasteiger partial charge >= 0.3 is 0 Å². The lowest BCUT2D eigenvalue weighted by molar-refractivity contribution is -0.121. The molecule has 0 radical (unpaired) electrons. The number of hydrogen-bond acceptors (Lipinski definition) is 2. The van der Waals surface area contributed by atoms with Gasteiger partial charge in [-0.25, -0.2) is 0 Å². The quantitative estimate of drug-likeness (QED) is 0.336.